The number of methoxy groups -OCH3 is 1. The van der Waals surface area contributed by atoms with Gasteiger partial charge in [-0.1, -0.05) is 25.3 Å². The Hall–Kier alpha value is -1.34. The predicted molar refractivity (Wildman–Crippen MR) is 110 cm³/mol. The number of β-amino-alcohol motifs (C(OH)–C–C–N with tert-alkyl or cyclic N) is 1. The standard InChI is InChI=1S/C22H36N2O4/c1-26-22-15-19(16-24-13-7-8-14-28-24)9-10-21(22)27-18-20(25)17-23-11-5-3-2-4-6-12-23/h9-10,15,20,25H,2-8,11-14,16-18H2,1H3/t20-/m1/s1. The smallest absolute Gasteiger partial charge is 0.161 e. The number of nitrogens with zero attached hydrogens (tertiary/aromatic N) is 2. The molecule has 2 saturated heterocycles. The fourth-order valence-electron chi connectivity index (χ4n) is 3.94. The van der Waals surface area contributed by atoms with Gasteiger partial charge in [0.1, 0.15) is 12.7 Å². The Balaban J connectivity index is 1.48. The number of benzene rings is 1. The Morgan fingerprint density at radius 2 is 1.75 bits per heavy atom. The number of hydroxylamine groups is 2. The lowest BCUT2D eigenvalue weighted by molar-refractivity contribution is -0.187. The fourth-order valence-corrected chi connectivity index (χ4v) is 3.94. The molecule has 2 aliphatic rings. The van der Waals surface area contributed by atoms with Crippen LogP contribution in [0.15, 0.2) is 18.2 Å². The minimum atomic E-state index is -0.495. The number of rotatable bonds is 8. The third-order valence-corrected chi connectivity index (χ3v) is 5.51. The number of aliphatic hydroxyl groups is 1. The summed E-state index contributed by atoms with van der Waals surface area (Å²) in [6.45, 7) is 5.61. The highest BCUT2D eigenvalue weighted by Crippen LogP contribution is 2.29. The van der Waals surface area contributed by atoms with E-state index in [1.54, 1.807) is 7.11 Å². The monoisotopic (exact) mass is 392 g/mol. The van der Waals surface area contributed by atoms with Crippen LogP contribution in [-0.4, -0.2) is 67.7 Å². The van der Waals surface area contributed by atoms with Crippen LogP contribution in [-0.2, 0) is 11.4 Å². The van der Waals surface area contributed by atoms with E-state index in [2.05, 4.69) is 4.90 Å². The average Bonchev–Trinajstić information content (AvgIpc) is 2.69. The van der Waals surface area contributed by atoms with Gasteiger partial charge in [-0.25, -0.2) is 0 Å². The Labute approximate surface area is 169 Å². The minimum Gasteiger partial charge on any atom is -0.493 e. The Morgan fingerprint density at radius 1 is 1.00 bits per heavy atom. The molecule has 0 aromatic heterocycles. The summed E-state index contributed by atoms with van der Waals surface area (Å²) in [5.41, 5.74) is 1.13. The molecular weight excluding hydrogens is 356 g/mol. The van der Waals surface area contributed by atoms with Crippen LogP contribution in [0.4, 0.5) is 0 Å². The lowest BCUT2D eigenvalue weighted by atomic mass is 10.1. The van der Waals surface area contributed by atoms with Gasteiger partial charge < -0.3 is 19.5 Å². The fraction of sp³-hybridized carbons (Fsp3) is 0.727. The molecule has 2 aliphatic heterocycles. The molecular formula is C22H36N2O4. The molecule has 1 atom stereocenters. The Morgan fingerprint density at radius 3 is 2.46 bits per heavy atom. The van der Waals surface area contributed by atoms with E-state index in [0.717, 1.165) is 44.8 Å². The predicted octanol–water partition coefficient (Wildman–Crippen LogP) is 3.23. The molecule has 1 aromatic carbocycles. The van der Waals surface area contributed by atoms with E-state index in [0.29, 0.717) is 18.0 Å². The van der Waals surface area contributed by atoms with Crippen LogP contribution >= 0.6 is 0 Å². The van der Waals surface area contributed by atoms with Crippen molar-refractivity contribution in [2.45, 2.75) is 57.6 Å². The van der Waals surface area contributed by atoms with E-state index in [1.807, 2.05) is 23.3 Å². The summed E-state index contributed by atoms with van der Waals surface area (Å²) in [5, 5.41) is 12.4. The van der Waals surface area contributed by atoms with Crippen molar-refractivity contribution in [3.05, 3.63) is 23.8 Å². The number of likely N-dealkylation sites (tertiary alicyclic amines) is 1. The molecule has 2 heterocycles. The van der Waals surface area contributed by atoms with E-state index < -0.39 is 6.10 Å². The van der Waals surface area contributed by atoms with E-state index in [9.17, 15) is 5.11 Å². The van der Waals surface area contributed by atoms with Crippen molar-refractivity contribution in [1.29, 1.82) is 0 Å². The lowest BCUT2D eigenvalue weighted by Gasteiger charge is -2.27. The summed E-state index contributed by atoms with van der Waals surface area (Å²) in [6, 6.07) is 5.97. The maximum Gasteiger partial charge on any atom is 0.161 e. The summed E-state index contributed by atoms with van der Waals surface area (Å²) in [6.07, 6.45) is 8.21. The normalized spacial score (nSPS) is 20.9. The molecule has 0 spiro atoms. The molecule has 0 radical (unpaired) electrons. The molecule has 28 heavy (non-hydrogen) atoms. The Kier molecular flexibility index (Phi) is 8.86. The van der Waals surface area contributed by atoms with Gasteiger partial charge in [0.15, 0.2) is 11.5 Å². The highest BCUT2D eigenvalue weighted by atomic mass is 16.7. The maximum atomic E-state index is 10.4. The van der Waals surface area contributed by atoms with E-state index >= 15 is 0 Å². The zero-order chi connectivity index (χ0) is 19.6. The van der Waals surface area contributed by atoms with Crippen LogP contribution in [0.2, 0.25) is 0 Å². The van der Waals surface area contributed by atoms with Gasteiger partial charge in [-0.15, -0.1) is 0 Å². The summed E-state index contributed by atoms with van der Waals surface area (Å²) < 4.78 is 11.4. The second-order valence-corrected chi connectivity index (χ2v) is 7.92. The van der Waals surface area contributed by atoms with Crippen LogP contribution < -0.4 is 9.47 Å². The van der Waals surface area contributed by atoms with Crippen LogP contribution in [0.25, 0.3) is 0 Å². The van der Waals surface area contributed by atoms with Gasteiger partial charge in [-0.05, 0) is 56.5 Å². The molecule has 3 rings (SSSR count). The summed E-state index contributed by atoms with van der Waals surface area (Å²) in [4.78, 5) is 8.04. The number of hydrogen-bond donors (Lipinski definition) is 1. The summed E-state index contributed by atoms with van der Waals surface area (Å²) in [7, 11) is 1.65. The zero-order valence-electron chi connectivity index (χ0n) is 17.3. The molecule has 6 nitrogen and oxygen atoms in total. The number of aliphatic hydroxyl groups excluding tert-OH is 1. The van der Waals surface area contributed by atoms with E-state index in [-0.39, 0.29) is 6.61 Å². The summed E-state index contributed by atoms with van der Waals surface area (Å²) >= 11 is 0. The van der Waals surface area contributed by atoms with Gasteiger partial charge in [-0.2, -0.15) is 5.06 Å². The first-order valence-corrected chi connectivity index (χ1v) is 10.8. The van der Waals surface area contributed by atoms with Crippen molar-refractivity contribution in [1.82, 2.24) is 9.96 Å². The third kappa shape index (κ3) is 6.92. The second-order valence-electron chi connectivity index (χ2n) is 7.92. The third-order valence-electron chi connectivity index (χ3n) is 5.51. The van der Waals surface area contributed by atoms with Crippen molar-refractivity contribution in [3.8, 4) is 11.5 Å². The van der Waals surface area contributed by atoms with Gasteiger partial charge in [0.2, 0.25) is 0 Å². The second kappa shape index (κ2) is 11.6. The molecule has 0 saturated carbocycles. The highest BCUT2D eigenvalue weighted by molar-refractivity contribution is 5.43. The van der Waals surface area contributed by atoms with Gasteiger partial charge in [0, 0.05) is 19.6 Å². The molecule has 2 fully saturated rings. The topological polar surface area (TPSA) is 54.4 Å². The van der Waals surface area contributed by atoms with Gasteiger partial charge in [0.05, 0.1) is 13.7 Å². The van der Waals surface area contributed by atoms with E-state index in [1.165, 1.54) is 38.5 Å². The van der Waals surface area contributed by atoms with Crippen molar-refractivity contribution in [3.63, 3.8) is 0 Å². The number of ether oxygens (including phenoxy) is 2. The van der Waals surface area contributed by atoms with Gasteiger partial charge in [0.25, 0.3) is 0 Å². The highest BCUT2D eigenvalue weighted by Gasteiger charge is 2.16. The van der Waals surface area contributed by atoms with Crippen LogP contribution in [0.3, 0.4) is 0 Å². The molecule has 158 valence electrons. The molecule has 0 bridgehead atoms. The van der Waals surface area contributed by atoms with Crippen LogP contribution in [0, 0.1) is 0 Å². The van der Waals surface area contributed by atoms with Crippen molar-refractivity contribution in [2.75, 3.05) is 46.5 Å². The molecule has 6 heteroatoms. The first-order valence-electron chi connectivity index (χ1n) is 10.8. The molecule has 1 N–H and O–H groups in total. The molecule has 1 aromatic rings. The van der Waals surface area contributed by atoms with Crippen LogP contribution in [0.1, 0.15) is 50.5 Å². The van der Waals surface area contributed by atoms with Gasteiger partial charge in [-0.3, -0.25) is 4.84 Å². The molecule has 0 aliphatic carbocycles. The first-order chi connectivity index (χ1) is 13.7. The molecule has 0 unspecified atom stereocenters. The minimum absolute atomic E-state index is 0.279. The SMILES string of the molecule is COc1cc(CN2CCCCO2)ccc1OC[C@H](O)CN1CCCCCCC1. The van der Waals surface area contributed by atoms with Crippen molar-refractivity contribution in [2.24, 2.45) is 0 Å². The average molecular weight is 393 g/mol. The van der Waals surface area contributed by atoms with Gasteiger partial charge >= 0.3 is 0 Å². The largest absolute Gasteiger partial charge is 0.493 e. The Bertz CT molecular complexity index is 570. The van der Waals surface area contributed by atoms with E-state index in [4.69, 9.17) is 14.3 Å². The van der Waals surface area contributed by atoms with Crippen molar-refractivity contribution >= 4 is 0 Å². The number of hydrogen-bond acceptors (Lipinski definition) is 6. The molecule has 0 amide bonds. The quantitative estimate of drug-likeness (QED) is 0.733. The van der Waals surface area contributed by atoms with Crippen molar-refractivity contribution < 1.29 is 19.4 Å². The lowest BCUT2D eigenvalue weighted by Crippen LogP contribution is -2.37. The maximum absolute atomic E-state index is 10.4. The zero-order valence-corrected chi connectivity index (χ0v) is 17.3. The first kappa shape index (κ1) is 21.4. The summed E-state index contributed by atoms with van der Waals surface area (Å²) in [5.74, 6) is 1.38. The van der Waals surface area contributed by atoms with Crippen LogP contribution in [0.5, 0.6) is 11.5 Å².